The van der Waals surface area contributed by atoms with Gasteiger partial charge in [0.25, 0.3) is 5.88 Å². The fourth-order valence-electron chi connectivity index (χ4n) is 1.53. The van der Waals surface area contributed by atoms with E-state index in [4.69, 9.17) is 16.3 Å². The Bertz CT molecular complexity index is 614. The predicted molar refractivity (Wildman–Crippen MR) is 67.6 cm³/mol. The molecule has 0 N–H and O–H groups in total. The van der Waals surface area contributed by atoms with Gasteiger partial charge in [-0.15, -0.1) is 4.37 Å². The van der Waals surface area contributed by atoms with Crippen molar-refractivity contribution in [3.05, 3.63) is 38.5 Å². The third kappa shape index (κ3) is 2.41. The van der Waals surface area contributed by atoms with E-state index in [1.807, 2.05) is 0 Å². The molecule has 0 aliphatic carbocycles. The quantitative estimate of drug-likeness (QED) is 0.637. The van der Waals surface area contributed by atoms with Crippen LogP contribution in [0.5, 0.6) is 11.6 Å². The van der Waals surface area contributed by atoms with E-state index in [9.17, 15) is 10.1 Å². The van der Waals surface area contributed by atoms with Crippen molar-refractivity contribution in [2.75, 3.05) is 0 Å². The van der Waals surface area contributed by atoms with Crippen LogP contribution in [-0.4, -0.2) is 13.7 Å². The second kappa shape index (κ2) is 4.87. The van der Waals surface area contributed by atoms with Gasteiger partial charge < -0.3 is 4.74 Å². The van der Waals surface area contributed by atoms with Gasteiger partial charge in [0, 0.05) is 6.07 Å². The first-order valence-electron chi connectivity index (χ1n) is 4.90. The molecule has 0 radical (unpaired) electrons. The average Bonchev–Trinajstić information content (AvgIpc) is 2.67. The summed E-state index contributed by atoms with van der Waals surface area (Å²) in [5, 5.41) is 11.1. The van der Waals surface area contributed by atoms with Gasteiger partial charge in [-0.25, -0.2) is 0 Å². The molecule has 0 saturated carbocycles. The van der Waals surface area contributed by atoms with Gasteiger partial charge in [0.2, 0.25) is 10.9 Å². The van der Waals surface area contributed by atoms with E-state index in [0.717, 1.165) is 17.3 Å². The lowest BCUT2D eigenvalue weighted by atomic mass is 10.1. The second-order valence-electron chi connectivity index (χ2n) is 3.65. The Morgan fingerprint density at radius 1 is 1.39 bits per heavy atom. The number of aryl methyl sites for hydroxylation is 2. The summed E-state index contributed by atoms with van der Waals surface area (Å²) >= 11 is 6.63. The fraction of sp³-hybridized carbons (Fsp3) is 0.200. The maximum Gasteiger partial charge on any atom is 0.312 e. The molecule has 0 amide bonds. The van der Waals surface area contributed by atoms with Crippen molar-refractivity contribution in [1.29, 1.82) is 0 Å². The first-order chi connectivity index (χ1) is 8.49. The van der Waals surface area contributed by atoms with Crippen LogP contribution in [0.1, 0.15) is 11.1 Å². The summed E-state index contributed by atoms with van der Waals surface area (Å²) in [5.74, 6) is 0.219. The van der Waals surface area contributed by atoms with Crippen LogP contribution in [-0.2, 0) is 0 Å². The number of benzene rings is 1. The van der Waals surface area contributed by atoms with Gasteiger partial charge in [0.05, 0.1) is 16.7 Å². The highest BCUT2D eigenvalue weighted by atomic mass is 35.5. The van der Waals surface area contributed by atoms with Crippen LogP contribution in [0.15, 0.2) is 12.1 Å². The van der Waals surface area contributed by atoms with Gasteiger partial charge in [0.1, 0.15) is 0 Å². The zero-order valence-corrected chi connectivity index (χ0v) is 11.1. The van der Waals surface area contributed by atoms with Gasteiger partial charge in [-0.3, -0.25) is 10.1 Å². The maximum absolute atomic E-state index is 11.0. The molecule has 8 heteroatoms. The lowest BCUT2D eigenvalue weighted by Gasteiger charge is -2.07. The third-order valence-corrected chi connectivity index (χ3v) is 3.07. The van der Waals surface area contributed by atoms with Gasteiger partial charge in [-0.2, -0.15) is 4.37 Å². The Hall–Kier alpha value is -1.73. The Morgan fingerprint density at radius 3 is 2.67 bits per heavy atom. The number of ether oxygens (including phenoxy) is 1. The molecule has 94 valence electrons. The molecular formula is C10H8ClN3O3S. The number of nitrogens with zero attached hydrogens (tertiary/aromatic N) is 3. The van der Waals surface area contributed by atoms with Crippen molar-refractivity contribution in [3.8, 4) is 11.6 Å². The van der Waals surface area contributed by atoms with Crippen LogP contribution in [0.25, 0.3) is 0 Å². The van der Waals surface area contributed by atoms with Gasteiger partial charge >= 0.3 is 5.69 Å². The highest BCUT2D eigenvalue weighted by Crippen LogP contribution is 2.37. The van der Waals surface area contributed by atoms with Crippen LogP contribution in [0.3, 0.4) is 0 Å². The molecule has 18 heavy (non-hydrogen) atoms. The molecule has 0 saturated heterocycles. The van der Waals surface area contributed by atoms with E-state index in [0.29, 0.717) is 5.56 Å². The largest absolute Gasteiger partial charge is 0.428 e. The average molecular weight is 286 g/mol. The lowest BCUT2D eigenvalue weighted by Crippen LogP contribution is -1.97. The molecule has 0 fully saturated rings. The highest BCUT2D eigenvalue weighted by Gasteiger charge is 2.21. The minimum Gasteiger partial charge on any atom is -0.428 e. The number of nitro groups is 1. The van der Waals surface area contributed by atoms with Crippen LogP contribution >= 0.6 is 23.3 Å². The number of hydrogen-bond acceptors (Lipinski definition) is 6. The Labute approximate surface area is 112 Å². The molecule has 0 aliphatic heterocycles. The molecule has 6 nitrogen and oxygen atoms in total. The second-order valence-corrected chi connectivity index (χ2v) is 4.54. The molecule has 0 aliphatic rings. The van der Waals surface area contributed by atoms with Crippen molar-refractivity contribution in [1.82, 2.24) is 8.75 Å². The van der Waals surface area contributed by atoms with Crippen LogP contribution in [0.2, 0.25) is 5.15 Å². The molecule has 1 aromatic heterocycles. The lowest BCUT2D eigenvalue weighted by molar-refractivity contribution is -0.385. The topological polar surface area (TPSA) is 78.2 Å². The Balaban J connectivity index is 2.50. The minimum atomic E-state index is -0.497. The molecule has 2 rings (SSSR count). The van der Waals surface area contributed by atoms with E-state index in [-0.39, 0.29) is 22.5 Å². The summed E-state index contributed by atoms with van der Waals surface area (Å²) in [7, 11) is 0. The van der Waals surface area contributed by atoms with E-state index >= 15 is 0 Å². The van der Waals surface area contributed by atoms with Gasteiger partial charge in [-0.1, -0.05) is 17.7 Å². The summed E-state index contributed by atoms with van der Waals surface area (Å²) in [6.07, 6.45) is 0. The van der Waals surface area contributed by atoms with E-state index in [1.165, 1.54) is 6.07 Å². The number of halogens is 1. The predicted octanol–water partition coefficient (Wildman–Crippen LogP) is 3.51. The van der Waals surface area contributed by atoms with Crippen molar-refractivity contribution >= 4 is 29.0 Å². The van der Waals surface area contributed by atoms with Crippen LogP contribution < -0.4 is 4.74 Å². The maximum atomic E-state index is 11.0. The molecule has 1 heterocycles. The summed E-state index contributed by atoms with van der Waals surface area (Å²) in [6, 6.07) is 3.23. The SMILES string of the molecule is Cc1cc(C)c(Oc2nsnc2Cl)c([N+](=O)[O-])c1. The summed E-state index contributed by atoms with van der Waals surface area (Å²) < 4.78 is 13.0. The zero-order chi connectivity index (χ0) is 13.3. The Morgan fingerprint density at radius 2 is 2.11 bits per heavy atom. The van der Waals surface area contributed by atoms with Crippen molar-refractivity contribution in [3.63, 3.8) is 0 Å². The number of hydrogen-bond donors (Lipinski definition) is 0. The van der Waals surface area contributed by atoms with Crippen molar-refractivity contribution < 1.29 is 9.66 Å². The van der Waals surface area contributed by atoms with Crippen LogP contribution in [0.4, 0.5) is 5.69 Å². The normalized spacial score (nSPS) is 10.4. The number of rotatable bonds is 3. The highest BCUT2D eigenvalue weighted by molar-refractivity contribution is 6.99. The van der Waals surface area contributed by atoms with E-state index in [1.54, 1.807) is 19.9 Å². The molecule has 0 atom stereocenters. The van der Waals surface area contributed by atoms with Crippen molar-refractivity contribution in [2.24, 2.45) is 0 Å². The molecule has 2 aromatic rings. The van der Waals surface area contributed by atoms with E-state index < -0.39 is 4.92 Å². The Kier molecular flexibility index (Phi) is 3.44. The monoisotopic (exact) mass is 285 g/mol. The summed E-state index contributed by atoms with van der Waals surface area (Å²) in [4.78, 5) is 10.5. The zero-order valence-electron chi connectivity index (χ0n) is 9.51. The molecule has 1 aromatic carbocycles. The standard InChI is InChI=1S/C10H8ClN3O3S/c1-5-3-6(2)8(7(4-5)14(15)16)17-10-9(11)12-18-13-10/h3-4H,1-2H3. The van der Waals surface area contributed by atoms with Gasteiger partial charge in [-0.05, 0) is 25.0 Å². The van der Waals surface area contributed by atoms with Crippen molar-refractivity contribution in [2.45, 2.75) is 13.8 Å². The molecule has 0 spiro atoms. The summed E-state index contributed by atoms with van der Waals surface area (Å²) in [5.41, 5.74) is 1.32. The number of nitro benzene ring substituents is 1. The molecule has 0 unspecified atom stereocenters. The number of aromatic nitrogens is 2. The fourth-order valence-corrected chi connectivity index (χ4v) is 2.14. The van der Waals surface area contributed by atoms with E-state index in [2.05, 4.69) is 8.75 Å². The van der Waals surface area contributed by atoms with Gasteiger partial charge in [0.15, 0.2) is 0 Å². The smallest absolute Gasteiger partial charge is 0.312 e. The summed E-state index contributed by atoms with van der Waals surface area (Å²) in [6.45, 7) is 3.50. The molecule has 0 bridgehead atoms. The molecular weight excluding hydrogens is 278 g/mol. The first-order valence-corrected chi connectivity index (χ1v) is 6.01. The first kappa shape index (κ1) is 12.7. The van der Waals surface area contributed by atoms with Crippen LogP contribution in [0, 0.1) is 24.0 Å². The third-order valence-electron chi connectivity index (χ3n) is 2.22. The minimum absolute atomic E-state index is 0.0803.